The Morgan fingerprint density at radius 1 is 1.31 bits per heavy atom. The van der Waals surface area contributed by atoms with Crippen molar-refractivity contribution >= 4 is 0 Å². The van der Waals surface area contributed by atoms with Gasteiger partial charge in [0.05, 0.1) is 0 Å². The third kappa shape index (κ3) is 1.83. The van der Waals surface area contributed by atoms with Crippen molar-refractivity contribution in [2.45, 2.75) is 18.9 Å². The highest BCUT2D eigenvalue weighted by Gasteiger charge is 2.11. The summed E-state index contributed by atoms with van der Waals surface area (Å²) in [5.41, 5.74) is 0. The maximum atomic E-state index is 9.42. The molecule has 1 aromatic carbocycles. The zero-order valence-corrected chi connectivity index (χ0v) is 7.31. The number of aromatic hydroxyl groups is 1. The largest absolute Gasteiger partial charge is 0.504 e. The lowest BCUT2D eigenvalue weighted by atomic mass is 10.3. The lowest BCUT2D eigenvalue weighted by molar-refractivity contribution is 0.238. The van der Waals surface area contributed by atoms with Gasteiger partial charge in [0.15, 0.2) is 11.5 Å². The fourth-order valence-corrected chi connectivity index (χ4v) is 1.42. The van der Waals surface area contributed by atoms with Gasteiger partial charge in [0, 0.05) is 0 Å². The number of hydrogen-bond acceptors (Lipinski definition) is 2. The SMILES string of the molecule is Oc1ccccc1OC1C=CCC1. The van der Waals surface area contributed by atoms with E-state index in [-0.39, 0.29) is 11.9 Å². The molecule has 0 aromatic heterocycles. The summed E-state index contributed by atoms with van der Waals surface area (Å²) in [5.74, 6) is 0.779. The average Bonchev–Trinajstić information content (AvgIpc) is 2.61. The minimum absolute atomic E-state index is 0.133. The Hall–Kier alpha value is -1.44. The molecule has 1 aliphatic carbocycles. The first-order chi connectivity index (χ1) is 6.36. The van der Waals surface area contributed by atoms with Crippen molar-refractivity contribution in [3.63, 3.8) is 0 Å². The number of phenolic OH excluding ortho intramolecular Hbond substituents is 1. The Labute approximate surface area is 77.5 Å². The quantitative estimate of drug-likeness (QED) is 0.701. The van der Waals surface area contributed by atoms with E-state index >= 15 is 0 Å². The monoisotopic (exact) mass is 176 g/mol. The summed E-state index contributed by atoms with van der Waals surface area (Å²) < 4.78 is 5.57. The van der Waals surface area contributed by atoms with Crippen LogP contribution in [-0.2, 0) is 0 Å². The van der Waals surface area contributed by atoms with Gasteiger partial charge in [0.25, 0.3) is 0 Å². The molecule has 1 unspecified atom stereocenters. The molecule has 1 atom stereocenters. The predicted octanol–water partition coefficient (Wildman–Crippen LogP) is 2.49. The maximum absolute atomic E-state index is 9.42. The van der Waals surface area contributed by atoms with Gasteiger partial charge in [0.1, 0.15) is 6.10 Å². The topological polar surface area (TPSA) is 29.5 Å². The molecule has 1 N–H and O–H groups in total. The van der Waals surface area contributed by atoms with Crippen molar-refractivity contribution in [3.8, 4) is 11.5 Å². The number of benzene rings is 1. The van der Waals surface area contributed by atoms with Crippen LogP contribution in [0.2, 0.25) is 0 Å². The van der Waals surface area contributed by atoms with Crippen molar-refractivity contribution in [1.29, 1.82) is 0 Å². The second-order valence-electron chi connectivity index (χ2n) is 3.13. The fraction of sp³-hybridized carbons (Fsp3) is 0.273. The molecule has 1 aromatic rings. The molecule has 0 amide bonds. The van der Waals surface area contributed by atoms with Gasteiger partial charge in [-0.1, -0.05) is 18.2 Å². The molecule has 0 fully saturated rings. The summed E-state index contributed by atoms with van der Waals surface area (Å²) in [5, 5.41) is 9.42. The minimum Gasteiger partial charge on any atom is -0.504 e. The summed E-state index contributed by atoms with van der Waals surface area (Å²) in [7, 11) is 0. The van der Waals surface area contributed by atoms with Gasteiger partial charge in [-0.25, -0.2) is 0 Å². The molecule has 13 heavy (non-hydrogen) atoms. The van der Waals surface area contributed by atoms with Crippen LogP contribution < -0.4 is 4.74 Å². The van der Waals surface area contributed by atoms with Crippen LogP contribution in [-0.4, -0.2) is 11.2 Å². The van der Waals surface area contributed by atoms with Crippen LogP contribution in [0.5, 0.6) is 11.5 Å². The second-order valence-corrected chi connectivity index (χ2v) is 3.13. The molecule has 2 rings (SSSR count). The van der Waals surface area contributed by atoms with Gasteiger partial charge in [-0.3, -0.25) is 0 Å². The highest BCUT2D eigenvalue weighted by molar-refractivity contribution is 5.38. The van der Waals surface area contributed by atoms with Crippen LogP contribution in [0.3, 0.4) is 0 Å². The minimum atomic E-state index is 0.133. The molecular formula is C11H12O2. The standard InChI is InChI=1S/C11H12O2/c12-10-7-3-4-8-11(10)13-9-5-1-2-6-9/h1,3-5,7-9,12H,2,6H2. The number of phenols is 1. The van der Waals surface area contributed by atoms with E-state index in [2.05, 4.69) is 6.08 Å². The molecule has 0 bridgehead atoms. The summed E-state index contributed by atoms with van der Waals surface area (Å²) in [6.45, 7) is 0. The lowest BCUT2D eigenvalue weighted by Crippen LogP contribution is -2.09. The first kappa shape index (κ1) is 8.17. The average molecular weight is 176 g/mol. The zero-order chi connectivity index (χ0) is 9.10. The highest BCUT2D eigenvalue weighted by Crippen LogP contribution is 2.27. The summed E-state index contributed by atoms with van der Waals surface area (Å²) >= 11 is 0. The molecule has 0 aliphatic heterocycles. The number of hydrogen-bond donors (Lipinski definition) is 1. The van der Waals surface area contributed by atoms with E-state index in [9.17, 15) is 5.11 Å². The Morgan fingerprint density at radius 2 is 2.15 bits per heavy atom. The van der Waals surface area contributed by atoms with Gasteiger partial charge in [-0.05, 0) is 31.1 Å². The molecule has 2 nitrogen and oxygen atoms in total. The van der Waals surface area contributed by atoms with Crippen molar-refractivity contribution in [2.24, 2.45) is 0 Å². The Morgan fingerprint density at radius 3 is 2.85 bits per heavy atom. The van der Waals surface area contributed by atoms with Gasteiger partial charge in [-0.2, -0.15) is 0 Å². The molecule has 0 spiro atoms. The maximum Gasteiger partial charge on any atom is 0.161 e. The van der Waals surface area contributed by atoms with Gasteiger partial charge < -0.3 is 9.84 Å². The van der Waals surface area contributed by atoms with Crippen LogP contribution in [0.4, 0.5) is 0 Å². The van der Waals surface area contributed by atoms with Crippen LogP contribution in [0.15, 0.2) is 36.4 Å². The molecular weight excluding hydrogens is 164 g/mol. The van der Waals surface area contributed by atoms with E-state index in [1.54, 1.807) is 18.2 Å². The fourth-order valence-electron chi connectivity index (χ4n) is 1.42. The van der Waals surface area contributed by atoms with Crippen LogP contribution in [0.25, 0.3) is 0 Å². The first-order valence-electron chi connectivity index (χ1n) is 4.47. The van der Waals surface area contributed by atoms with E-state index in [1.165, 1.54) is 0 Å². The predicted molar refractivity (Wildman–Crippen MR) is 50.9 cm³/mol. The number of rotatable bonds is 2. The number of ether oxygens (including phenoxy) is 1. The van der Waals surface area contributed by atoms with E-state index in [0.29, 0.717) is 5.75 Å². The normalized spacial score (nSPS) is 20.5. The summed E-state index contributed by atoms with van der Waals surface area (Å²) in [6, 6.07) is 7.05. The molecule has 0 saturated carbocycles. The zero-order valence-electron chi connectivity index (χ0n) is 7.31. The third-order valence-electron chi connectivity index (χ3n) is 2.11. The van der Waals surface area contributed by atoms with E-state index in [4.69, 9.17) is 4.74 Å². The molecule has 2 heteroatoms. The number of allylic oxidation sites excluding steroid dienone is 1. The first-order valence-corrected chi connectivity index (χ1v) is 4.47. The van der Waals surface area contributed by atoms with E-state index < -0.39 is 0 Å². The Kier molecular flexibility index (Phi) is 2.21. The third-order valence-corrected chi connectivity index (χ3v) is 2.11. The Balaban J connectivity index is 2.09. The number of para-hydroxylation sites is 2. The van der Waals surface area contributed by atoms with Crippen LogP contribution in [0, 0.1) is 0 Å². The van der Waals surface area contributed by atoms with Gasteiger partial charge in [0.2, 0.25) is 0 Å². The molecule has 0 saturated heterocycles. The van der Waals surface area contributed by atoms with E-state index in [1.807, 2.05) is 12.1 Å². The van der Waals surface area contributed by atoms with Crippen molar-refractivity contribution in [1.82, 2.24) is 0 Å². The second kappa shape index (κ2) is 3.52. The Bertz CT molecular complexity index is 318. The van der Waals surface area contributed by atoms with Crippen LogP contribution >= 0.6 is 0 Å². The molecule has 68 valence electrons. The van der Waals surface area contributed by atoms with Crippen molar-refractivity contribution < 1.29 is 9.84 Å². The van der Waals surface area contributed by atoms with Crippen molar-refractivity contribution in [2.75, 3.05) is 0 Å². The summed E-state index contributed by atoms with van der Waals surface area (Å²) in [6.07, 6.45) is 6.34. The van der Waals surface area contributed by atoms with E-state index in [0.717, 1.165) is 12.8 Å². The van der Waals surface area contributed by atoms with Gasteiger partial charge in [-0.15, -0.1) is 0 Å². The molecule has 1 aliphatic rings. The highest BCUT2D eigenvalue weighted by atomic mass is 16.5. The van der Waals surface area contributed by atoms with Crippen molar-refractivity contribution in [3.05, 3.63) is 36.4 Å². The molecule has 0 heterocycles. The van der Waals surface area contributed by atoms with Gasteiger partial charge >= 0.3 is 0 Å². The lowest BCUT2D eigenvalue weighted by Gasteiger charge is -2.12. The van der Waals surface area contributed by atoms with Crippen LogP contribution in [0.1, 0.15) is 12.8 Å². The molecule has 0 radical (unpaired) electrons. The summed E-state index contributed by atoms with van der Waals surface area (Å²) in [4.78, 5) is 0. The smallest absolute Gasteiger partial charge is 0.161 e.